The van der Waals surface area contributed by atoms with Crippen LogP contribution in [0.25, 0.3) is 0 Å². The van der Waals surface area contributed by atoms with Crippen LogP contribution in [-0.2, 0) is 0 Å². The molecule has 0 aliphatic heterocycles. The van der Waals surface area contributed by atoms with Crippen molar-refractivity contribution in [2.75, 3.05) is 6.26 Å². The Kier molecular flexibility index (Phi) is 3.61. The van der Waals surface area contributed by atoms with Gasteiger partial charge in [-0.3, -0.25) is 0 Å². The summed E-state index contributed by atoms with van der Waals surface area (Å²) >= 11 is 6.85. The first-order valence-electron chi connectivity index (χ1n) is 3.46. The summed E-state index contributed by atoms with van der Waals surface area (Å²) in [6, 6.07) is 2.41. The number of benzene rings is 1. The van der Waals surface area contributed by atoms with Gasteiger partial charge in [-0.15, -0.1) is 11.8 Å². The molecule has 0 aromatic heterocycles. The predicted molar refractivity (Wildman–Crippen MR) is 53.0 cm³/mol. The molecular formula is C7H7BClFO2S. The smallest absolute Gasteiger partial charge is 0.423 e. The second-order valence-corrected chi connectivity index (χ2v) is 3.55. The summed E-state index contributed by atoms with van der Waals surface area (Å²) in [6.07, 6.45) is 1.66. The molecule has 1 aromatic rings. The van der Waals surface area contributed by atoms with Crippen molar-refractivity contribution < 1.29 is 14.4 Å². The lowest BCUT2D eigenvalue weighted by Gasteiger charge is -2.07. The van der Waals surface area contributed by atoms with Gasteiger partial charge >= 0.3 is 7.12 Å². The number of hydrogen-bond donors (Lipinski definition) is 2. The lowest BCUT2D eigenvalue weighted by atomic mass is 9.80. The summed E-state index contributed by atoms with van der Waals surface area (Å²) in [5.41, 5.74) is 0.118. The zero-order valence-corrected chi connectivity index (χ0v) is 8.36. The van der Waals surface area contributed by atoms with Gasteiger partial charge < -0.3 is 10.0 Å². The normalized spacial score (nSPS) is 10.2. The summed E-state index contributed by atoms with van der Waals surface area (Å²) in [5.74, 6) is -0.457. The molecule has 1 rings (SSSR count). The van der Waals surface area contributed by atoms with Crippen LogP contribution in [0.4, 0.5) is 4.39 Å². The lowest BCUT2D eigenvalue weighted by Crippen LogP contribution is -2.31. The molecule has 0 heterocycles. The van der Waals surface area contributed by atoms with Crippen molar-refractivity contribution in [3.63, 3.8) is 0 Å². The van der Waals surface area contributed by atoms with Crippen LogP contribution in [-0.4, -0.2) is 23.4 Å². The Bertz CT molecular complexity index is 322. The fourth-order valence-electron chi connectivity index (χ4n) is 0.934. The van der Waals surface area contributed by atoms with Crippen LogP contribution in [0.5, 0.6) is 0 Å². The van der Waals surface area contributed by atoms with E-state index < -0.39 is 12.9 Å². The molecule has 0 aliphatic rings. The topological polar surface area (TPSA) is 40.5 Å². The molecule has 2 N–H and O–H groups in total. The molecule has 0 amide bonds. The maximum atomic E-state index is 13.0. The minimum atomic E-state index is -1.67. The van der Waals surface area contributed by atoms with E-state index in [-0.39, 0.29) is 15.4 Å². The van der Waals surface area contributed by atoms with Gasteiger partial charge in [-0.2, -0.15) is 0 Å². The first-order chi connectivity index (χ1) is 6.07. The molecule has 70 valence electrons. The van der Waals surface area contributed by atoms with E-state index in [1.54, 1.807) is 6.26 Å². The maximum absolute atomic E-state index is 13.0. The van der Waals surface area contributed by atoms with E-state index in [4.69, 9.17) is 21.6 Å². The van der Waals surface area contributed by atoms with E-state index in [1.165, 1.54) is 6.07 Å². The molecule has 0 spiro atoms. The van der Waals surface area contributed by atoms with Crippen molar-refractivity contribution >= 4 is 35.9 Å². The summed E-state index contributed by atoms with van der Waals surface area (Å²) in [4.78, 5) is 0.229. The van der Waals surface area contributed by atoms with Gasteiger partial charge in [-0.25, -0.2) is 4.39 Å². The Morgan fingerprint density at radius 3 is 2.54 bits per heavy atom. The molecule has 0 fully saturated rings. The highest BCUT2D eigenvalue weighted by Crippen LogP contribution is 2.26. The highest BCUT2D eigenvalue weighted by molar-refractivity contribution is 7.98. The summed E-state index contributed by atoms with van der Waals surface area (Å²) < 4.78 is 13.0. The first-order valence-corrected chi connectivity index (χ1v) is 5.06. The second-order valence-electron chi connectivity index (χ2n) is 2.36. The largest absolute Gasteiger partial charge is 0.490 e. The molecule has 13 heavy (non-hydrogen) atoms. The predicted octanol–water partition coefficient (Wildman–Crippen LogP) is 0.881. The number of rotatable bonds is 2. The molecule has 0 saturated carbocycles. The Hall–Kier alpha value is -0.225. The highest BCUT2D eigenvalue weighted by atomic mass is 35.5. The molecule has 2 nitrogen and oxygen atoms in total. The van der Waals surface area contributed by atoms with Gasteiger partial charge in [0, 0.05) is 5.46 Å². The zero-order valence-electron chi connectivity index (χ0n) is 6.79. The van der Waals surface area contributed by atoms with Gasteiger partial charge in [0.05, 0.1) is 9.92 Å². The highest BCUT2D eigenvalue weighted by Gasteiger charge is 2.19. The Labute approximate surface area is 84.9 Å². The van der Waals surface area contributed by atoms with Crippen LogP contribution in [0.3, 0.4) is 0 Å². The number of hydrogen-bond acceptors (Lipinski definition) is 3. The molecule has 0 bridgehead atoms. The van der Waals surface area contributed by atoms with Gasteiger partial charge in [0.15, 0.2) is 0 Å². The van der Waals surface area contributed by atoms with Gasteiger partial charge in [-0.05, 0) is 12.3 Å². The molecule has 0 saturated heterocycles. The number of halogens is 2. The fraction of sp³-hybridized carbons (Fsp3) is 0.143. The quantitative estimate of drug-likeness (QED) is 0.574. The Balaban J connectivity index is 3.27. The van der Waals surface area contributed by atoms with Crippen molar-refractivity contribution in [3.8, 4) is 0 Å². The maximum Gasteiger partial charge on any atom is 0.490 e. The standard InChI is InChI=1S/C7H7BClFO2S/c1-13-7-5(10)3-2-4(6(7)9)8(11)12/h2-3,11-12H,1H3. The SMILES string of the molecule is CSc1c(F)ccc(B(O)O)c1Cl. The first kappa shape index (κ1) is 10.9. The summed E-state index contributed by atoms with van der Waals surface area (Å²) in [6.45, 7) is 0. The van der Waals surface area contributed by atoms with E-state index in [2.05, 4.69) is 0 Å². The lowest BCUT2D eigenvalue weighted by molar-refractivity contribution is 0.425. The minimum absolute atomic E-state index is 0.0579. The van der Waals surface area contributed by atoms with Crippen molar-refractivity contribution in [3.05, 3.63) is 23.0 Å². The monoisotopic (exact) mass is 220 g/mol. The van der Waals surface area contributed by atoms with Crippen LogP contribution in [0, 0.1) is 5.82 Å². The van der Waals surface area contributed by atoms with Crippen molar-refractivity contribution in [2.24, 2.45) is 0 Å². The average molecular weight is 220 g/mol. The van der Waals surface area contributed by atoms with Crippen molar-refractivity contribution in [2.45, 2.75) is 4.90 Å². The van der Waals surface area contributed by atoms with Gasteiger partial charge in [-0.1, -0.05) is 17.7 Å². The van der Waals surface area contributed by atoms with E-state index in [0.717, 1.165) is 17.8 Å². The molecule has 0 unspecified atom stereocenters. The van der Waals surface area contributed by atoms with E-state index >= 15 is 0 Å². The van der Waals surface area contributed by atoms with Gasteiger partial charge in [0.2, 0.25) is 0 Å². The van der Waals surface area contributed by atoms with Crippen molar-refractivity contribution in [1.29, 1.82) is 0 Å². The molecule has 0 aliphatic carbocycles. The summed E-state index contributed by atoms with van der Waals surface area (Å²) in [5, 5.41) is 17.8. The minimum Gasteiger partial charge on any atom is -0.423 e. The zero-order chi connectivity index (χ0) is 10.0. The third kappa shape index (κ3) is 2.17. The Morgan fingerprint density at radius 1 is 1.46 bits per heavy atom. The van der Waals surface area contributed by atoms with Crippen LogP contribution < -0.4 is 5.46 Å². The van der Waals surface area contributed by atoms with E-state index in [9.17, 15) is 4.39 Å². The molecule has 1 aromatic carbocycles. The second kappa shape index (κ2) is 4.33. The molecule has 6 heteroatoms. The molecule has 0 atom stereocenters. The van der Waals surface area contributed by atoms with E-state index in [0.29, 0.717) is 0 Å². The average Bonchev–Trinajstić information content (AvgIpc) is 2.04. The summed E-state index contributed by atoms with van der Waals surface area (Å²) in [7, 11) is -1.67. The fourth-order valence-corrected chi connectivity index (χ4v) is 1.98. The third-order valence-corrected chi connectivity index (χ3v) is 2.89. The number of thioether (sulfide) groups is 1. The van der Waals surface area contributed by atoms with Crippen molar-refractivity contribution in [1.82, 2.24) is 0 Å². The van der Waals surface area contributed by atoms with Crippen LogP contribution in [0.1, 0.15) is 0 Å². The van der Waals surface area contributed by atoms with E-state index in [1.807, 2.05) is 0 Å². The van der Waals surface area contributed by atoms with Gasteiger partial charge in [0.25, 0.3) is 0 Å². The third-order valence-electron chi connectivity index (χ3n) is 1.56. The van der Waals surface area contributed by atoms with Gasteiger partial charge in [0.1, 0.15) is 5.82 Å². The Morgan fingerprint density at radius 2 is 2.08 bits per heavy atom. The van der Waals surface area contributed by atoms with Crippen LogP contribution >= 0.6 is 23.4 Å². The van der Waals surface area contributed by atoms with Crippen LogP contribution in [0.2, 0.25) is 5.02 Å². The molecular weight excluding hydrogens is 213 g/mol. The molecule has 0 radical (unpaired) electrons. The van der Waals surface area contributed by atoms with Crippen LogP contribution in [0.15, 0.2) is 17.0 Å².